The number of rotatable bonds is 2. The Balaban J connectivity index is 2.34. The highest BCUT2D eigenvalue weighted by molar-refractivity contribution is 7.71. The number of methoxy groups -OCH3 is 1. The molecule has 0 atom stereocenters. The first-order valence-corrected chi connectivity index (χ1v) is 6.49. The predicted molar refractivity (Wildman–Crippen MR) is 77.8 cm³/mol. The fraction of sp³-hybridized carbons (Fsp3) is 0.0769. The van der Waals surface area contributed by atoms with Crippen LogP contribution in [0.5, 0.6) is 5.75 Å². The molecule has 1 aromatic carbocycles. The smallest absolute Gasteiger partial charge is 0.184 e. The van der Waals surface area contributed by atoms with Gasteiger partial charge in [-0.25, -0.2) is 9.37 Å². The summed E-state index contributed by atoms with van der Waals surface area (Å²) >= 11 is 11.1. The van der Waals surface area contributed by atoms with Crippen LogP contribution in [0.15, 0.2) is 30.5 Å². The predicted octanol–water partition coefficient (Wildman–Crippen LogP) is 3.88. The van der Waals surface area contributed by atoms with Gasteiger partial charge in [0, 0.05) is 12.3 Å². The molecular weight excluding hydrogens is 301 g/mol. The molecule has 2 aromatic heterocycles. The van der Waals surface area contributed by atoms with Gasteiger partial charge in [0.25, 0.3) is 0 Å². The SMILES string of the molecule is COc1ccc(F)c(-n2c(=S)[nH]c3cc(Cl)cnc32)c1. The number of hydrogen-bond acceptors (Lipinski definition) is 3. The van der Waals surface area contributed by atoms with Gasteiger partial charge in [-0.3, -0.25) is 4.57 Å². The lowest BCUT2D eigenvalue weighted by Gasteiger charge is -2.07. The van der Waals surface area contributed by atoms with Crippen LogP contribution in [0.2, 0.25) is 5.02 Å². The topological polar surface area (TPSA) is 42.8 Å². The van der Waals surface area contributed by atoms with E-state index in [-0.39, 0.29) is 5.69 Å². The van der Waals surface area contributed by atoms with Crippen molar-refractivity contribution in [3.8, 4) is 11.4 Å². The fourth-order valence-corrected chi connectivity index (χ4v) is 2.44. The highest BCUT2D eigenvalue weighted by atomic mass is 35.5. The molecule has 0 saturated carbocycles. The molecule has 3 aromatic rings. The van der Waals surface area contributed by atoms with E-state index in [4.69, 9.17) is 28.6 Å². The van der Waals surface area contributed by atoms with Crippen LogP contribution in [0.1, 0.15) is 0 Å². The zero-order valence-corrected chi connectivity index (χ0v) is 11.9. The van der Waals surface area contributed by atoms with Crippen molar-refractivity contribution in [1.82, 2.24) is 14.5 Å². The summed E-state index contributed by atoms with van der Waals surface area (Å²) in [5.74, 6) is 0.117. The highest BCUT2D eigenvalue weighted by Gasteiger charge is 2.13. The Morgan fingerprint density at radius 1 is 1.40 bits per heavy atom. The standard InChI is InChI=1S/C13H9ClFN3OS/c1-19-8-2-3-9(15)11(5-8)18-12-10(17-13(18)20)4-7(14)6-16-12/h2-6H,1H3,(H,17,20). The molecule has 0 unspecified atom stereocenters. The Hall–Kier alpha value is -1.92. The summed E-state index contributed by atoms with van der Waals surface area (Å²) in [4.78, 5) is 7.15. The van der Waals surface area contributed by atoms with Crippen LogP contribution < -0.4 is 4.74 Å². The molecule has 20 heavy (non-hydrogen) atoms. The number of benzene rings is 1. The number of ether oxygens (including phenoxy) is 1. The summed E-state index contributed by atoms with van der Waals surface area (Å²) in [5.41, 5.74) is 1.42. The molecule has 0 fully saturated rings. The number of hydrogen-bond donors (Lipinski definition) is 1. The van der Waals surface area contributed by atoms with Crippen LogP contribution in [0, 0.1) is 10.6 Å². The van der Waals surface area contributed by atoms with Crippen LogP contribution in [0.4, 0.5) is 4.39 Å². The van der Waals surface area contributed by atoms with E-state index in [1.165, 1.54) is 23.9 Å². The first kappa shape index (κ1) is 13.1. The highest BCUT2D eigenvalue weighted by Crippen LogP contribution is 2.25. The van der Waals surface area contributed by atoms with Crippen molar-refractivity contribution in [3.05, 3.63) is 46.1 Å². The molecule has 0 aliphatic carbocycles. The molecule has 1 N–H and O–H groups in total. The Labute approximate surface area is 123 Å². The molecule has 3 rings (SSSR count). The maximum absolute atomic E-state index is 14.1. The second-order valence-electron chi connectivity index (χ2n) is 4.11. The van der Waals surface area contributed by atoms with Gasteiger partial charge in [0.2, 0.25) is 0 Å². The fourth-order valence-electron chi connectivity index (χ4n) is 1.98. The van der Waals surface area contributed by atoms with E-state index in [0.29, 0.717) is 26.7 Å². The summed E-state index contributed by atoms with van der Waals surface area (Å²) in [6.45, 7) is 0. The lowest BCUT2D eigenvalue weighted by Crippen LogP contribution is -1.99. The van der Waals surface area contributed by atoms with Gasteiger partial charge in [0.1, 0.15) is 11.6 Å². The van der Waals surface area contributed by atoms with Crippen LogP contribution >= 0.6 is 23.8 Å². The Bertz CT molecular complexity index is 858. The number of aromatic amines is 1. The van der Waals surface area contributed by atoms with Gasteiger partial charge in [-0.1, -0.05) is 11.6 Å². The molecular formula is C13H9ClFN3OS. The Morgan fingerprint density at radius 3 is 2.95 bits per heavy atom. The van der Waals surface area contributed by atoms with Gasteiger partial charge >= 0.3 is 0 Å². The number of H-pyrrole nitrogens is 1. The minimum atomic E-state index is -0.417. The molecule has 2 heterocycles. The number of aromatic nitrogens is 3. The Morgan fingerprint density at radius 2 is 2.20 bits per heavy atom. The van der Waals surface area contributed by atoms with Crippen molar-refractivity contribution in [2.75, 3.05) is 7.11 Å². The van der Waals surface area contributed by atoms with Crippen molar-refractivity contribution in [1.29, 1.82) is 0 Å². The molecule has 102 valence electrons. The number of imidazole rings is 1. The van der Waals surface area contributed by atoms with Crippen LogP contribution in [-0.2, 0) is 0 Å². The summed E-state index contributed by atoms with van der Waals surface area (Å²) in [5, 5.41) is 0.479. The third kappa shape index (κ3) is 2.07. The van der Waals surface area contributed by atoms with Crippen LogP contribution in [0.25, 0.3) is 16.9 Å². The van der Waals surface area contributed by atoms with Gasteiger partial charge in [-0.2, -0.15) is 0 Å². The van der Waals surface area contributed by atoms with E-state index in [9.17, 15) is 4.39 Å². The number of fused-ring (bicyclic) bond motifs is 1. The van der Waals surface area contributed by atoms with E-state index in [2.05, 4.69) is 9.97 Å². The number of nitrogens with one attached hydrogen (secondary N) is 1. The molecule has 4 nitrogen and oxygen atoms in total. The van der Waals surface area contributed by atoms with Crippen molar-refractivity contribution < 1.29 is 9.13 Å². The lowest BCUT2D eigenvalue weighted by molar-refractivity contribution is 0.413. The van der Waals surface area contributed by atoms with Crippen molar-refractivity contribution in [2.45, 2.75) is 0 Å². The average molecular weight is 310 g/mol. The van der Waals surface area contributed by atoms with Gasteiger partial charge in [-0.15, -0.1) is 0 Å². The summed E-state index contributed by atoms with van der Waals surface area (Å²) in [6, 6.07) is 6.12. The number of nitrogens with zero attached hydrogens (tertiary/aromatic N) is 2. The van der Waals surface area contributed by atoms with Gasteiger partial charge in [0.05, 0.1) is 23.3 Å². The van der Waals surface area contributed by atoms with E-state index in [1.54, 1.807) is 18.2 Å². The minimum Gasteiger partial charge on any atom is -0.497 e. The van der Waals surface area contributed by atoms with E-state index in [0.717, 1.165) is 0 Å². The second-order valence-corrected chi connectivity index (χ2v) is 4.93. The number of halogens is 2. The number of pyridine rings is 1. The van der Waals surface area contributed by atoms with Gasteiger partial charge in [0.15, 0.2) is 10.4 Å². The molecule has 7 heteroatoms. The lowest BCUT2D eigenvalue weighted by atomic mass is 10.3. The molecule has 0 saturated heterocycles. The first-order chi connectivity index (χ1) is 9.60. The summed E-state index contributed by atoms with van der Waals surface area (Å²) in [6.07, 6.45) is 1.49. The van der Waals surface area contributed by atoms with Crippen LogP contribution in [-0.4, -0.2) is 21.6 Å². The largest absolute Gasteiger partial charge is 0.497 e. The van der Waals surface area contributed by atoms with E-state index in [1.807, 2.05) is 0 Å². The average Bonchev–Trinajstić information content (AvgIpc) is 2.74. The normalized spacial score (nSPS) is 10.9. The van der Waals surface area contributed by atoms with Crippen molar-refractivity contribution in [2.24, 2.45) is 0 Å². The van der Waals surface area contributed by atoms with Crippen LogP contribution in [0.3, 0.4) is 0 Å². The van der Waals surface area contributed by atoms with Gasteiger partial charge in [-0.05, 0) is 30.4 Å². The third-order valence-corrected chi connectivity index (χ3v) is 3.38. The molecule has 0 spiro atoms. The first-order valence-electron chi connectivity index (χ1n) is 5.70. The molecule has 0 radical (unpaired) electrons. The summed E-state index contributed by atoms with van der Waals surface area (Å²) < 4.78 is 21.0. The molecule has 0 aliphatic heterocycles. The monoisotopic (exact) mass is 309 g/mol. The zero-order chi connectivity index (χ0) is 14.3. The quantitative estimate of drug-likeness (QED) is 0.730. The zero-order valence-electron chi connectivity index (χ0n) is 10.4. The van der Waals surface area contributed by atoms with Gasteiger partial charge < -0.3 is 9.72 Å². The molecule has 0 bridgehead atoms. The maximum Gasteiger partial charge on any atom is 0.184 e. The molecule has 0 amide bonds. The maximum atomic E-state index is 14.1. The second kappa shape index (κ2) is 4.88. The van der Waals surface area contributed by atoms with E-state index >= 15 is 0 Å². The van der Waals surface area contributed by atoms with E-state index < -0.39 is 5.82 Å². The molecule has 0 aliphatic rings. The van der Waals surface area contributed by atoms with Crippen molar-refractivity contribution >= 4 is 35.0 Å². The summed E-state index contributed by atoms with van der Waals surface area (Å²) in [7, 11) is 1.52. The minimum absolute atomic E-state index is 0.274. The van der Waals surface area contributed by atoms with Crippen molar-refractivity contribution in [3.63, 3.8) is 0 Å². The Kier molecular flexibility index (Phi) is 3.19. The third-order valence-electron chi connectivity index (χ3n) is 2.88.